The van der Waals surface area contributed by atoms with Crippen LogP contribution in [0, 0.1) is 17.3 Å². The number of likely N-dealkylation sites (tertiary alicyclic amines) is 1. The zero-order valence-electron chi connectivity index (χ0n) is 27.9. The van der Waals surface area contributed by atoms with Crippen LogP contribution in [0.25, 0.3) is 0 Å². The molecule has 12 nitrogen and oxygen atoms in total. The van der Waals surface area contributed by atoms with Crippen molar-refractivity contribution in [2.75, 3.05) is 13.1 Å². The summed E-state index contributed by atoms with van der Waals surface area (Å²) in [6, 6.07) is 2.72. The number of aryl methyl sites for hydroxylation is 1. The molecule has 0 radical (unpaired) electrons. The number of hydrogen-bond donors (Lipinski definition) is 2. The number of esters is 1. The van der Waals surface area contributed by atoms with E-state index >= 15 is 0 Å². The highest BCUT2D eigenvalue weighted by Crippen LogP contribution is 2.65. The summed E-state index contributed by atoms with van der Waals surface area (Å²) in [5.74, 6) is 0.420. The first kappa shape index (κ1) is 33.3. The Morgan fingerprint density at radius 2 is 1.71 bits per heavy atom. The number of nitrogens with zero attached hydrogens (tertiary/aromatic N) is 1. The van der Waals surface area contributed by atoms with E-state index in [4.69, 9.17) is 33.5 Å². The second kappa shape index (κ2) is 11.6. The molecule has 248 valence electrons. The van der Waals surface area contributed by atoms with E-state index in [2.05, 4.69) is 20.8 Å². The lowest BCUT2D eigenvalue weighted by atomic mass is 9.43. The van der Waals surface area contributed by atoms with Crippen molar-refractivity contribution >= 4 is 25.3 Å². The average Bonchev–Trinajstić information content (AvgIpc) is 3.23. The largest absolute Gasteiger partial charge is 0.514 e. The molecule has 0 unspecified atom stereocenters. The molecule has 1 aromatic rings. The normalized spacial score (nSPS) is 27.1. The maximum absolute atomic E-state index is 13.7. The molecule has 6 rings (SSSR count). The van der Waals surface area contributed by atoms with Crippen LogP contribution in [0.2, 0.25) is 6.32 Å². The van der Waals surface area contributed by atoms with E-state index in [1.807, 2.05) is 0 Å². The van der Waals surface area contributed by atoms with Gasteiger partial charge in [0.25, 0.3) is 0 Å². The Morgan fingerprint density at radius 1 is 1.04 bits per heavy atom. The molecule has 2 aliphatic heterocycles. The van der Waals surface area contributed by atoms with Gasteiger partial charge in [-0.3, -0.25) is 5.21 Å². The number of hydroxylamine groups is 1. The lowest BCUT2D eigenvalue weighted by Gasteiger charge is -2.64. The monoisotopic (exact) mass is 630 g/mol. The van der Waals surface area contributed by atoms with E-state index < -0.39 is 42.6 Å². The SMILES string of the molecule is CC(C)(C)OC(=O)Oc1c(CCB2O[C@@H]3C[C@@H]4C[C@@H](C4(C)C)[C@]3(C)O2)ccc(OC2CN(C(=O)NO)C2)c1C(=O)OC(C)(C)C. The fourth-order valence-electron chi connectivity index (χ4n) is 7.17. The summed E-state index contributed by atoms with van der Waals surface area (Å²) in [4.78, 5) is 39.8. The van der Waals surface area contributed by atoms with Crippen molar-refractivity contribution in [3.63, 3.8) is 0 Å². The zero-order chi connectivity index (χ0) is 33.1. The van der Waals surface area contributed by atoms with Crippen molar-refractivity contribution in [2.45, 2.75) is 117 Å². The molecule has 2 bridgehead atoms. The van der Waals surface area contributed by atoms with Gasteiger partial charge >= 0.3 is 25.3 Å². The number of rotatable bonds is 7. The summed E-state index contributed by atoms with van der Waals surface area (Å²) in [5.41, 5.74) is 0.251. The third-order valence-electron chi connectivity index (χ3n) is 9.55. The lowest BCUT2D eigenvalue weighted by Crippen LogP contribution is -2.65. The van der Waals surface area contributed by atoms with Crippen LogP contribution in [0.3, 0.4) is 0 Å². The second-order valence-corrected chi connectivity index (χ2v) is 15.5. The Labute approximate surface area is 265 Å². The molecule has 45 heavy (non-hydrogen) atoms. The molecule has 4 atom stereocenters. The van der Waals surface area contributed by atoms with Crippen LogP contribution in [0.1, 0.15) is 91.1 Å². The number of nitrogens with one attached hydrogen (secondary N) is 1. The fraction of sp³-hybridized carbons (Fsp3) is 0.719. The third-order valence-corrected chi connectivity index (χ3v) is 9.55. The Balaban J connectivity index is 1.42. The van der Waals surface area contributed by atoms with Crippen LogP contribution >= 0.6 is 0 Å². The van der Waals surface area contributed by atoms with Gasteiger partial charge in [0, 0.05) is 0 Å². The van der Waals surface area contributed by atoms with E-state index in [1.54, 1.807) is 59.2 Å². The summed E-state index contributed by atoms with van der Waals surface area (Å²) >= 11 is 0. The molecule has 2 N–H and O–H groups in total. The number of urea groups is 1. The number of benzene rings is 1. The van der Waals surface area contributed by atoms with Gasteiger partial charge in [-0.2, -0.15) is 0 Å². The minimum absolute atomic E-state index is 0.0229. The first-order chi connectivity index (χ1) is 20.8. The number of amides is 2. The van der Waals surface area contributed by atoms with Crippen LogP contribution in [0.4, 0.5) is 9.59 Å². The van der Waals surface area contributed by atoms with Crippen LogP contribution in [-0.2, 0) is 25.2 Å². The van der Waals surface area contributed by atoms with Gasteiger partial charge in [-0.05, 0) is 103 Å². The topological polar surface area (TPSA) is 142 Å². The Morgan fingerprint density at radius 3 is 2.31 bits per heavy atom. The predicted octanol–water partition coefficient (Wildman–Crippen LogP) is 5.39. The number of hydrogen-bond acceptors (Lipinski definition) is 10. The molecule has 2 amide bonds. The molecule has 2 saturated heterocycles. The maximum Gasteiger partial charge on any atom is 0.514 e. The van der Waals surface area contributed by atoms with Gasteiger partial charge in [0.2, 0.25) is 0 Å². The highest BCUT2D eigenvalue weighted by atomic mass is 16.7. The van der Waals surface area contributed by atoms with Gasteiger partial charge in [0.05, 0.1) is 24.8 Å². The molecule has 13 heteroatoms. The zero-order valence-corrected chi connectivity index (χ0v) is 27.9. The minimum Gasteiger partial charge on any atom is -0.486 e. The van der Waals surface area contributed by atoms with Crippen molar-refractivity contribution in [1.82, 2.24) is 10.4 Å². The van der Waals surface area contributed by atoms with Gasteiger partial charge in [-0.25, -0.2) is 19.9 Å². The molecule has 2 heterocycles. The Kier molecular flexibility index (Phi) is 8.63. The molecule has 1 aromatic carbocycles. The average molecular weight is 631 g/mol. The van der Waals surface area contributed by atoms with Crippen molar-refractivity contribution in [3.8, 4) is 11.5 Å². The van der Waals surface area contributed by atoms with Gasteiger partial charge in [0.15, 0.2) is 5.75 Å². The molecule has 0 aromatic heterocycles. The fourth-order valence-corrected chi connectivity index (χ4v) is 7.17. The van der Waals surface area contributed by atoms with Gasteiger partial charge < -0.3 is 33.2 Å². The van der Waals surface area contributed by atoms with E-state index in [0.29, 0.717) is 30.1 Å². The van der Waals surface area contributed by atoms with E-state index in [1.165, 1.54) is 4.90 Å². The lowest BCUT2D eigenvalue weighted by molar-refractivity contribution is -0.199. The number of carbonyl (C=O) groups excluding carboxylic acids is 3. The first-order valence-electron chi connectivity index (χ1n) is 15.8. The molecule has 3 aliphatic carbocycles. The molecule has 0 spiro atoms. The molecule has 5 aliphatic rings. The van der Waals surface area contributed by atoms with Gasteiger partial charge in [-0.1, -0.05) is 19.9 Å². The van der Waals surface area contributed by atoms with E-state index in [9.17, 15) is 14.4 Å². The Bertz CT molecular complexity index is 1330. The summed E-state index contributed by atoms with van der Waals surface area (Å²) in [5, 5.41) is 8.92. The molecular weight excluding hydrogens is 583 g/mol. The van der Waals surface area contributed by atoms with Crippen LogP contribution in [0.15, 0.2) is 12.1 Å². The van der Waals surface area contributed by atoms with Crippen molar-refractivity contribution in [1.29, 1.82) is 0 Å². The van der Waals surface area contributed by atoms with Crippen molar-refractivity contribution in [2.24, 2.45) is 17.3 Å². The quantitative estimate of drug-likeness (QED) is 0.132. The van der Waals surface area contributed by atoms with E-state index in [0.717, 1.165) is 12.8 Å². The van der Waals surface area contributed by atoms with Crippen LogP contribution in [-0.4, -0.2) is 77.5 Å². The summed E-state index contributed by atoms with van der Waals surface area (Å²) in [6.45, 7) is 17.5. The molecule has 3 saturated carbocycles. The smallest absolute Gasteiger partial charge is 0.486 e. The third kappa shape index (κ3) is 6.76. The van der Waals surface area contributed by atoms with E-state index in [-0.39, 0.29) is 47.3 Å². The summed E-state index contributed by atoms with van der Waals surface area (Å²) in [7, 11) is -0.455. The highest BCUT2D eigenvalue weighted by Gasteiger charge is 2.67. The Hall–Kier alpha value is -3.03. The number of carbonyl (C=O) groups is 3. The summed E-state index contributed by atoms with van der Waals surface area (Å²) in [6.07, 6.45) is 1.53. The predicted molar refractivity (Wildman–Crippen MR) is 163 cm³/mol. The molecular formula is C32H47BN2O10. The molecule has 5 fully saturated rings. The van der Waals surface area contributed by atoms with Crippen LogP contribution in [0.5, 0.6) is 11.5 Å². The minimum atomic E-state index is -0.978. The first-order valence-corrected chi connectivity index (χ1v) is 15.8. The second-order valence-electron chi connectivity index (χ2n) is 15.5. The van der Waals surface area contributed by atoms with Gasteiger partial charge in [0.1, 0.15) is 28.6 Å². The highest BCUT2D eigenvalue weighted by molar-refractivity contribution is 6.45. The van der Waals surface area contributed by atoms with Crippen LogP contribution < -0.4 is 15.0 Å². The van der Waals surface area contributed by atoms with Crippen molar-refractivity contribution < 1.29 is 47.8 Å². The van der Waals surface area contributed by atoms with Crippen molar-refractivity contribution in [3.05, 3.63) is 23.3 Å². The maximum atomic E-state index is 13.7. The standard InChI is InChI=1S/C32H47BN2O10/c1-29(2,3)42-26(36)24-21(40-20-16-35(17-20)27(37)34-39)11-10-18(25(24)41-28(38)43-30(4,5)6)12-13-33-44-23-15-19-14-22(31(19,7)8)32(23,9)45-33/h10-11,19-20,22-23,39H,12-17H2,1-9H3,(H,34,37)/t19-,22-,23+,32-/m0/s1. The number of ether oxygens (including phenoxy) is 4. The summed E-state index contributed by atoms with van der Waals surface area (Å²) < 4.78 is 36.1. The van der Waals surface area contributed by atoms with Gasteiger partial charge in [-0.15, -0.1) is 0 Å².